The van der Waals surface area contributed by atoms with Gasteiger partial charge < -0.3 is 9.47 Å². The van der Waals surface area contributed by atoms with Crippen molar-refractivity contribution in [2.24, 2.45) is 0 Å². The number of methoxy groups -OCH3 is 2. The van der Waals surface area contributed by atoms with E-state index in [1.54, 1.807) is 37.3 Å². The molecule has 0 saturated carbocycles. The average molecular weight is 342 g/mol. The minimum Gasteiger partial charge on any atom is -0.496 e. The molecule has 2 aromatic carbocycles. The molecule has 0 heterocycles. The highest BCUT2D eigenvalue weighted by molar-refractivity contribution is 7.92. The monoisotopic (exact) mass is 341 g/mol. The molecule has 0 aromatic heterocycles. The summed E-state index contributed by atoms with van der Waals surface area (Å²) in [6, 6.07) is 9.43. The van der Waals surface area contributed by atoms with E-state index in [1.165, 1.54) is 20.3 Å². The summed E-state index contributed by atoms with van der Waals surface area (Å²) in [5, 5.41) is 0.529. The Bertz CT molecular complexity index is 773. The van der Waals surface area contributed by atoms with Gasteiger partial charge in [0, 0.05) is 16.3 Å². The Hall–Kier alpha value is -1.92. The van der Waals surface area contributed by atoms with Crippen LogP contribution in [-0.4, -0.2) is 22.6 Å². The van der Waals surface area contributed by atoms with Gasteiger partial charge in [-0.25, -0.2) is 8.42 Å². The summed E-state index contributed by atoms with van der Waals surface area (Å²) in [6.07, 6.45) is 0. The van der Waals surface area contributed by atoms with Crippen LogP contribution in [0.3, 0.4) is 0 Å². The van der Waals surface area contributed by atoms with Crippen LogP contribution in [0, 0.1) is 6.92 Å². The lowest BCUT2D eigenvalue weighted by molar-refractivity contribution is 0.380. The van der Waals surface area contributed by atoms with Crippen LogP contribution in [0.25, 0.3) is 0 Å². The highest BCUT2D eigenvalue weighted by Crippen LogP contribution is 2.34. The minimum atomic E-state index is -3.79. The Morgan fingerprint density at radius 1 is 1.00 bits per heavy atom. The number of rotatable bonds is 5. The molecule has 5 nitrogen and oxygen atoms in total. The lowest BCUT2D eigenvalue weighted by Crippen LogP contribution is -2.14. The van der Waals surface area contributed by atoms with Crippen LogP contribution in [0.15, 0.2) is 41.3 Å². The summed E-state index contributed by atoms with van der Waals surface area (Å²) in [7, 11) is -0.855. The van der Waals surface area contributed by atoms with Crippen molar-refractivity contribution >= 4 is 27.3 Å². The molecular formula is C15H16ClNO4S. The van der Waals surface area contributed by atoms with Gasteiger partial charge in [-0.15, -0.1) is 0 Å². The summed E-state index contributed by atoms with van der Waals surface area (Å²) in [6.45, 7) is 1.74. The quantitative estimate of drug-likeness (QED) is 0.904. The number of hydrogen-bond donors (Lipinski definition) is 1. The number of halogens is 1. The Morgan fingerprint density at radius 3 is 2.18 bits per heavy atom. The van der Waals surface area contributed by atoms with Gasteiger partial charge in [0.2, 0.25) is 0 Å². The molecule has 118 valence electrons. The van der Waals surface area contributed by atoms with Gasteiger partial charge in [-0.05, 0) is 43.3 Å². The zero-order chi connectivity index (χ0) is 16.3. The summed E-state index contributed by atoms with van der Waals surface area (Å²) < 4.78 is 38.0. The molecule has 0 aliphatic heterocycles. The Kier molecular flexibility index (Phi) is 4.83. The topological polar surface area (TPSA) is 64.6 Å². The maximum absolute atomic E-state index is 12.6. The molecule has 22 heavy (non-hydrogen) atoms. The highest BCUT2D eigenvalue weighted by Gasteiger charge is 2.22. The van der Waals surface area contributed by atoms with Gasteiger partial charge in [0.15, 0.2) is 0 Å². The summed E-state index contributed by atoms with van der Waals surface area (Å²) in [5.74, 6) is 0.808. The van der Waals surface area contributed by atoms with Crippen molar-refractivity contribution in [1.82, 2.24) is 0 Å². The van der Waals surface area contributed by atoms with Gasteiger partial charge in [-0.1, -0.05) is 11.6 Å². The zero-order valence-electron chi connectivity index (χ0n) is 12.4. The fourth-order valence-corrected chi connectivity index (χ4v) is 3.47. The smallest absolute Gasteiger partial charge is 0.265 e. The molecule has 0 bridgehead atoms. The number of anilines is 1. The Morgan fingerprint density at radius 2 is 1.64 bits per heavy atom. The molecule has 2 aromatic rings. The second-order valence-electron chi connectivity index (χ2n) is 4.54. The lowest BCUT2D eigenvalue weighted by atomic mass is 10.2. The van der Waals surface area contributed by atoms with E-state index in [9.17, 15) is 8.42 Å². The van der Waals surface area contributed by atoms with E-state index < -0.39 is 10.0 Å². The van der Waals surface area contributed by atoms with E-state index in [1.807, 2.05) is 0 Å². The van der Waals surface area contributed by atoms with Crippen molar-refractivity contribution in [2.45, 2.75) is 11.8 Å². The second kappa shape index (κ2) is 6.46. The molecule has 1 N–H and O–H groups in total. The van der Waals surface area contributed by atoms with Gasteiger partial charge >= 0.3 is 0 Å². The number of hydrogen-bond acceptors (Lipinski definition) is 4. The molecule has 0 radical (unpaired) electrons. The largest absolute Gasteiger partial charge is 0.496 e. The van der Waals surface area contributed by atoms with E-state index >= 15 is 0 Å². The molecule has 0 aliphatic carbocycles. The average Bonchev–Trinajstić information content (AvgIpc) is 2.49. The van der Waals surface area contributed by atoms with E-state index in [0.717, 1.165) is 0 Å². The van der Waals surface area contributed by atoms with Crippen LogP contribution in [0.1, 0.15) is 5.56 Å². The molecule has 2 rings (SSSR count). The summed E-state index contributed by atoms with van der Waals surface area (Å²) in [5.41, 5.74) is 1.03. The zero-order valence-corrected chi connectivity index (χ0v) is 14.0. The van der Waals surface area contributed by atoms with Crippen molar-refractivity contribution in [3.8, 4) is 11.5 Å². The van der Waals surface area contributed by atoms with E-state index in [4.69, 9.17) is 21.1 Å². The first-order valence-electron chi connectivity index (χ1n) is 6.39. The van der Waals surface area contributed by atoms with E-state index in [-0.39, 0.29) is 10.6 Å². The van der Waals surface area contributed by atoms with Crippen LogP contribution in [-0.2, 0) is 10.0 Å². The fraction of sp³-hybridized carbons (Fsp3) is 0.200. The molecule has 0 fully saturated rings. The van der Waals surface area contributed by atoms with Crippen molar-refractivity contribution in [3.05, 3.63) is 47.0 Å². The van der Waals surface area contributed by atoms with Crippen LogP contribution in [0.2, 0.25) is 5.02 Å². The Labute approximate surface area is 134 Å². The number of benzene rings is 2. The normalized spacial score (nSPS) is 11.1. The van der Waals surface area contributed by atoms with Gasteiger partial charge in [0.1, 0.15) is 16.4 Å². The van der Waals surface area contributed by atoms with Crippen LogP contribution in [0.5, 0.6) is 11.5 Å². The van der Waals surface area contributed by atoms with E-state index in [2.05, 4.69) is 4.72 Å². The maximum Gasteiger partial charge on any atom is 0.265 e. The van der Waals surface area contributed by atoms with Crippen molar-refractivity contribution < 1.29 is 17.9 Å². The fourth-order valence-electron chi connectivity index (χ4n) is 2.06. The number of ether oxygens (including phenoxy) is 2. The molecule has 0 aliphatic rings. The minimum absolute atomic E-state index is 0.0447. The maximum atomic E-state index is 12.6. The number of sulfonamides is 1. The standard InChI is InChI=1S/C15H16ClNO4S/c1-10-13(20-2)8-9-14(15(10)21-3)22(18,19)17-12-6-4-11(16)5-7-12/h4-9,17H,1-3H3. The van der Waals surface area contributed by atoms with Gasteiger partial charge in [0.25, 0.3) is 10.0 Å². The third kappa shape index (κ3) is 3.28. The summed E-state index contributed by atoms with van der Waals surface area (Å²) in [4.78, 5) is 0.0447. The molecule has 0 spiro atoms. The first kappa shape index (κ1) is 16.5. The second-order valence-corrected chi connectivity index (χ2v) is 6.62. The molecule has 7 heteroatoms. The SMILES string of the molecule is COc1ccc(S(=O)(=O)Nc2ccc(Cl)cc2)c(OC)c1C. The van der Waals surface area contributed by atoms with Gasteiger partial charge in [-0.2, -0.15) is 0 Å². The highest BCUT2D eigenvalue weighted by atomic mass is 35.5. The van der Waals surface area contributed by atoms with Gasteiger partial charge in [-0.3, -0.25) is 4.72 Å². The molecule has 0 saturated heterocycles. The lowest BCUT2D eigenvalue weighted by Gasteiger charge is -2.15. The van der Waals surface area contributed by atoms with Crippen molar-refractivity contribution in [2.75, 3.05) is 18.9 Å². The Balaban J connectivity index is 2.45. The van der Waals surface area contributed by atoms with Gasteiger partial charge in [0.05, 0.1) is 14.2 Å². The predicted octanol–water partition coefficient (Wildman–Crippen LogP) is 3.47. The predicted molar refractivity (Wildman–Crippen MR) is 86.5 cm³/mol. The van der Waals surface area contributed by atoms with E-state index in [0.29, 0.717) is 22.0 Å². The molecule has 0 unspecified atom stereocenters. The third-order valence-electron chi connectivity index (χ3n) is 3.13. The molecule has 0 atom stereocenters. The van der Waals surface area contributed by atoms with Crippen molar-refractivity contribution in [3.63, 3.8) is 0 Å². The summed E-state index contributed by atoms with van der Waals surface area (Å²) >= 11 is 5.79. The molecule has 0 amide bonds. The van der Waals surface area contributed by atoms with Crippen LogP contribution >= 0.6 is 11.6 Å². The first-order valence-corrected chi connectivity index (χ1v) is 8.25. The first-order chi connectivity index (χ1) is 10.4. The molecular weight excluding hydrogens is 326 g/mol. The van der Waals surface area contributed by atoms with Crippen molar-refractivity contribution in [1.29, 1.82) is 0 Å². The number of nitrogens with one attached hydrogen (secondary N) is 1. The van der Waals surface area contributed by atoms with Crippen LogP contribution < -0.4 is 14.2 Å². The third-order valence-corrected chi connectivity index (χ3v) is 4.79. The van der Waals surface area contributed by atoms with Crippen LogP contribution in [0.4, 0.5) is 5.69 Å².